The van der Waals surface area contributed by atoms with E-state index in [0.717, 1.165) is 13.0 Å². The first-order chi connectivity index (χ1) is 8.20. The minimum absolute atomic E-state index is 0.103. The molecule has 5 heteroatoms. The van der Waals surface area contributed by atoms with Crippen molar-refractivity contribution in [2.75, 3.05) is 32.8 Å². The Morgan fingerprint density at radius 1 is 1.47 bits per heavy atom. The van der Waals surface area contributed by atoms with Gasteiger partial charge in [-0.3, -0.25) is 4.79 Å². The zero-order valence-corrected chi connectivity index (χ0v) is 10.6. The predicted molar refractivity (Wildman–Crippen MR) is 63.8 cm³/mol. The van der Waals surface area contributed by atoms with Crippen molar-refractivity contribution in [1.29, 1.82) is 0 Å². The van der Waals surface area contributed by atoms with Crippen LogP contribution in [0.5, 0.6) is 0 Å². The maximum atomic E-state index is 12.3. The number of morpholine rings is 2. The predicted octanol–water partition coefficient (Wildman–Crippen LogP) is 0.000700. The van der Waals surface area contributed by atoms with Gasteiger partial charge in [-0.15, -0.1) is 0 Å². The molecule has 0 bridgehead atoms. The lowest BCUT2D eigenvalue weighted by atomic mass is 10.1. The Hall–Kier alpha value is -0.650. The van der Waals surface area contributed by atoms with Gasteiger partial charge in [0.1, 0.15) is 6.10 Å². The second kappa shape index (κ2) is 5.80. The van der Waals surface area contributed by atoms with Crippen molar-refractivity contribution in [3.05, 3.63) is 0 Å². The first-order valence-corrected chi connectivity index (χ1v) is 6.47. The van der Waals surface area contributed by atoms with Gasteiger partial charge in [0.15, 0.2) is 0 Å². The number of hydrogen-bond acceptors (Lipinski definition) is 4. The highest BCUT2D eigenvalue weighted by Crippen LogP contribution is 2.15. The van der Waals surface area contributed by atoms with E-state index in [1.54, 1.807) is 0 Å². The third-order valence-electron chi connectivity index (χ3n) is 3.30. The summed E-state index contributed by atoms with van der Waals surface area (Å²) >= 11 is 0. The number of hydrogen-bond donors (Lipinski definition) is 1. The average molecular weight is 242 g/mol. The molecule has 2 fully saturated rings. The third kappa shape index (κ3) is 3.18. The molecule has 0 aromatic rings. The molecule has 2 aliphatic rings. The van der Waals surface area contributed by atoms with E-state index in [0.29, 0.717) is 26.2 Å². The van der Waals surface area contributed by atoms with Crippen molar-refractivity contribution >= 4 is 5.91 Å². The molecule has 0 saturated carbocycles. The van der Waals surface area contributed by atoms with Gasteiger partial charge in [-0.05, 0) is 13.3 Å². The number of rotatable bonds is 2. The number of ether oxygens (including phenoxy) is 2. The lowest BCUT2D eigenvalue weighted by Gasteiger charge is -2.38. The number of carbonyl (C=O) groups excluding carboxylic acids is 1. The summed E-state index contributed by atoms with van der Waals surface area (Å²) in [4.78, 5) is 14.2. The van der Waals surface area contributed by atoms with E-state index in [1.165, 1.54) is 0 Å². The molecular formula is C12H22N2O3. The zero-order valence-electron chi connectivity index (χ0n) is 10.6. The Kier molecular flexibility index (Phi) is 4.36. The zero-order chi connectivity index (χ0) is 12.3. The molecule has 2 heterocycles. The summed E-state index contributed by atoms with van der Waals surface area (Å²) in [6, 6.07) is 0. The molecule has 0 aliphatic carbocycles. The van der Waals surface area contributed by atoms with Crippen LogP contribution >= 0.6 is 0 Å². The first-order valence-electron chi connectivity index (χ1n) is 6.47. The van der Waals surface area contributed by atoms with Crippen LogP contribution in [0, 0.1) is 0 Å². The van der Waals surface area contributed by atoms with Gasteiger partial charge in [-0.1, -0.05) is 6.92 Å². The molecule has 2 saturated heterocycles. The summed E-state index contributed by atoms with van der Waals surface area (Å²) in [6.07, 6.45) is 0.915. The number of carbonyl (C=O) groups is 1. The van der Waals surface area contributed by atoms with Crippen molar-refractivity contribution in [1.82, 2.24) is 10.2 Å². The van der Waals surface area contributed by atoms with Crippen LogP contribution in [-0.2, 0) is 14.3 Å². The molecule has 0 spiro atoms. The minimum atomic E-state index is -0.313. The summed E-state index contributed by atoms with van der Waals surface area (Å²) < 4.78 is 11.3. The van der Waals surface area contributed by atoms with Gasteiger partial charge in [0, 0.05) is 26.2 Å². The van der Waals surface area contributed by atoms with E-state index in [9.17, 15) is 4.79 Å². The van der Waals surface area contributed by atoms with Gasteiger partial charge in [0.25, 0.3) is 5.91 Å². The van der Waals surface area contributed by atoms with Gasteiger partial charge in [-0.25, -0.2) is 0 Å². The largest absolute Gasteiger partial charge is 0.372 e. The Morgan fingerprint density at radius 3 is 2.94 bits per heavy atom. The Labute approximate surface area is 102 Å². The SMILES string of the molecule is CC[C@@H]1CN(C(=O)[C@H]2CNCCO2)C[C@H](C)O1. The quantitative estimate of drug-likeness (QED) is 0.740. The Morgan fingerprint density at radius 2 is 2.29 bits per heavy atom. The number of nitrogens with one attached hydrogen (secondary N) is 1. The monoisotopic (exact) mass is 242 g/mol. The fourth-order valence-electron chi connectivity index (χ4n) is 2.38. The van der Waals surface area contributed by atoms with E-state index >= 15 is 0 Å². The second-order valence-electron chi connectivity index (χ2n) is 4.78. The van der Waals surface area contributed by atoms with Crippen LogP contribution in [0.2, 0.25) is 0 Å². The van der Waals surface area contributed by atoms with Crippen LogP contribution in [-0.4, -0.2) is 61.9 Å². The summed E-state index contributed by atoms with van der Waals surface area (Å²) in [5.74, 6) is 0.103. The standard InChI is InChI=1S/C12H22N2O3/c1-3-10-8-14(7-9(2)17-10)12(15)11-6-13-4-5-16-11/h9-11,13H,3-8H2,1-2H3/t9-,10+,11+/m0/s1. The lowest BCUT2D eigenvalue weighted by Crippen LogP contribution is -2.55. The van der Waals surface area contributed by atoms with Gasteiger partial charge in [0.05, 0.1) is 18.8 Å². The molecule has 0 aromatic carbocycles. The summed E-state index contributed by atoms with van der Waals surface area (Å²) in [6.45, 7) is 7.55. The first kappa shape index (κ1) is 12.8. The lowest BCUT2D eigenvalue weighted by molar-refractivity contribution is -0.157. The average Bonchev–Trinajstić information content (AvgIpc) is 2.38. The van der Waals surface area contributed by atoms with Crippen molar-refractivity contribution < 1.29 is 14.3 Å². The van der Waals surface area contributed by atoms with E-state index < -0.39 is 0 Å². The Balaban J connectivity index is 1.93. The maximum Gasteiger partial charge on any atom is 0.253 e. The molecule has 17 heavy (non-hydrogen) atoms. The van der Waals surface area contributed by atoms with Gasteiger partial charge in [-0.2, -0.15) is 0 Å². The summed E-state index contributed by atoms with van der Waals surface area (Å²) in [5, 5.41) is 3.19. The molecule has 0 radical (unpaired) electrons. The van der Waals surface area contributed by atoms with Crippen LogP contribution in [0.15, 0.2) is 0 Å². The van der Waals surface area contributed by atoms with Crippen LogP contribution in [0.25, 0.3) is 0 Å². The highest BCUT2D eigenvalue weighted by molar-refractivity contribution is 5.81. The van der Waals surface area contributed by atoms with Crippen molar-refractivity contribution in [2.45, 2.75) is 38.6 Å². The maximum absolute atomic E-state index is 12.3. The molecule has 0 aromatic heterocycles. The number of amides is 1. The molecule has 3 atom stereocenters. The normalized spacial score (nSPS) is 34.7. The highest BCUT2D eigenvalue weighted by Gasteiger charge is 2.32. The van der Waals surface area contributed by atoms with E-state index in [2.05, 4.69) is 12.2 Å². The molecule has 0 unspecified atom stereocenters. The van der Waals surface area contributed by atoms with Gasteiger partial charge in [0.2, 0.25) is 0 Å². The smallest absolute Gasteiger partial charge is 0.253 e. The van der Waals surface area contributed by atoms with Crippen molar-refractivity contribution in [2.24, 2.45) is 0 Å². The topological polar surface area (TPSA) is 50.8 Å². The Bertz CT molecular complexity index is 266. The fraction of sp³-hybridized carbons (Fsp3) is 0.917. The number of nitrogens with zero attached hydrogens (tertiary/aromatic N) is 1. The van der Waals surface area contributed by atoms with Crippen LogP contribution < -0.4 is 5.32 Å². The summed E-state index contributed by atoms with van der Waals surface area (Å²) in [5.41, 5.74) is 0. The summed E-state index contributed by atoms with van der Waals surface area (Å²) in [7, 11) is 0. The van der Waals surface area contributed by atoms with E-state index in [4.69, 9.17) is 9.47 Å². The van der Waals surface area contributed by atoms with Gasteiger partial charge >= 0.3 is 0 Å². The molecule has 1 N–H and O–H groups in total. The van der Waals surface area contributed by atoms with Crippen molar-refractivity contribution in [3.63, 3.8) is 0 Å². The molecule has 98 valence electrons. The molecule has 1 amide bonds. The van der Waals surface area contributed by atoms with E-state index in [-0.39, 0.29) is 24.2 Å². The molecular weight excluding hydrogens is 220 g/mol. The molecule has 2 rings (SSSR count). The van der Waals surface area contributed by atoms with Crippen LogP contribution in [0.3, 0.4) is 0 Å². The molecule has 5 nitrogen and oxygen atoms in total. The van der Waals surface area contributed by atoms with E-state index in [1.807, 2.05) is 11.8 Å². The van der Waals surface area contributed by atoms with Crippen molar-refractivity contribution in [3.8, 4) is 0 Å². The minimum Gasteiger partial charge on any atom is -0.372 e. The second-order valence-corrected chi connectivity index (χ2v) is 4.78. The van der Waals surface area contributed by atoms with Gasteiger partial charge < -0.3 is 19.7 Å². The highest BCUT2D eigenvalue weighted by atomic mass is 16.5. The van der Waals surface area contributed by atoms with Crippen LogP contribution in [0.1, 0.15) is 20.3 Å². The molecule has 2 aliphatic heterocycles. The fourth-order valence-corrected chi connectivity index (χ4v) is 2.38. The third-order valence-corrected chi connectivity index (χ3v) is 3.30. The van der Waals surface area contributed by atoms with Crippen LogP contribution in [0.4, 0.5) is 0 Å².